The van der Waals surface area contributed by atoms with E-state index in [0.717, 1.165) is 16.7 Å². The summed E-state index contributed by atoms with van der Waals surface area (Å²) in [6, 6.07) is 29.9. The summed E-state index contributed by atoms with van der Waals surface area (Å²) >= 11 is 0. The second-order valence-electron chi connectivity index (χ2n) is 11.8. The van der Waals surface area contributed by atoms with Gasteiger partial charge < -0.3 is 19.7 Å². The molecule has 8 nitrogen and oxygen atoms in total. The van der Waals surface area contributed by atoms with E-state index in [2.05, 4.69) is 46.3 Å². The summed E-state index contributed by atoms with van der Waals surface area (Å²) in [5, 5.41) is 13.1. The van der Waals surface area contributed by atoms with Crippen LogP contribution < -0.4 is 5.32 Å². The largest absolute Gasteiger partial charge is 0.480 e. The first-order chi connectivity index (χ1) is 20.2. The van der Waals surface area contributed by atoms with Gasteiger partial charge in [0.25, 0.3) is 0 Å². The minimum Gasteiger partial charge on any atom is -0.480 e. The van der Waals surface area contributed by atoms with Crippen molar-refractivity contribution in [2.45, 2.75) is 56.8 Å². The van der Waals surface area contributed by atoms with Crippen molar-refractivity contribution in [3.8, 4) is 0 Å². The van der Waals surface area contributed by atoms with Gasteiger partial charge in [-0.2, -0.15) is 0 Å². The molecule has 2 heterocycles. The monoisotopic (exact) mass is 566 g/mol. The number of carbonyl (C=O) groups excluding carboxylic acids is 1. The van der Waals surface area contributed by atoms with Crippen LogP contribution in [0.15, 0.2) is 104 Å². The third-order valence-corrected chi connectivity index (χ3v) is 7.67. The normalized spacial score (nSPS) is 16.6. The van der Waals surface area contributed by atoms with E-state index < -0.39 is 29.2 Å². The van der Waals surface area contributed by atoms with E-state index in [9.17, 15) is 14.7 Å². The third kappa shape index (κ3) is 6.24. The lowest BCUT2D eigenvalue weighted by Crippen LogP contribution is -2.45. The average molecular weight is 567 g/mol. The Morgan fingerprint density at radius 1 is 0.929 bits per heavy atom. The van der Waals surface area contributed by atoms with Crippen LogP contribution in [0.3, 0.4) is 0 Å². The minimum atomic E-state index is -0.914. The number of nitrogens with one attached hydrogen (secondary N) is 1. The predicted octanol–water partition coefficient (Wildman–Crippen LogP) is 5.32. The van der Waals surface area contributed by atoms with Gasteiger partial charge in [-0.1, -0.05) is 91.0 Å². The molecule has 2 atom stereocenters. The maximum atomic E-state index is 12.5. The number of aromatic nitrogens is 2. The second kappa shape index (κ2) is 12.2. The number of likely N-dealkylation sites (tertiary alicyclic amines) is 1. The number of benzene rings is 3. The first kappa shape index (κ1) is 29.1. The van der Waals surface area contributed by atoms with Crippen molar-refractivity contribution >= 4 is 12.1 Å². The molecule has 3 aromatic carbocycles. The Balaban J connectivity index is 1.45. The molecule has 0 spiro atoms. The number of carboxylic acid groups (broad SMARTS) is 1. The van der Waals surface area contributed by atoms with Gasteiger partial charge in [0.2, 0.25) is 0 Å². The molecule has 218 valence electrons. The number of hydrogen-bond donors (Lipinski definition) is 2. The van der Waals surface area contributed by atoms with Gasteiger partial charge in [0, 0.05) is 31.7 Å². The highest BCUT2D eigenvalue weighted by Crippen LogP contribution is 2.40. The minimum absolute atomic E-state index is 0.179. The standard InChI is InChI=1S/C34H38N4O4/c1-33(2,3)42-32(41)36-28-19-20-37(22-28)30(31(39)40)21-29-23-38(24-35-29)34(25-13-7-4-8-14-25,26-15-9-5-10-16-26)27-17-11-6-12-18-27/h4-18,23-24,28,30H,19-22H2,1-3H3,(H,36,41)(H,39,40)/t28-,30-/m0/s1. The van der Waals surface area contributed by atoms with Crippen molar-refractivity contribution in [1.82, 2.24) is 19.8 Å². The summed E-state index contributed by atoms with van der Waals surface area (Å²) in [7, 11) is 0. The molecule has 1 amide bonds. The molecule has 0 bridgehead atoms. The Morgan fingerprint density at radius 3 is 1.93 bits per heavy atom. The van der Waals surface area contributed by atoms with Gasteiger partial charge in [-0.05, 0) is 43.9 Å². The Hall–Kier alpha value is -4.43. The number of aliphatic carboxylic acids is 1. The summed E-state index contributed by atoms with van der Waals surface area (Å²) < 4.78 is 7.48. The zero-order valence-electron chi connectivity index (χ0n) is 24.3. The van der Waals surface area contributed by atoms with E-state index in [-0.39, 0.29) is 12.5 Å². The van der Waals surface area contributed by atoms with Crippen LogP contribution >= 0.6 is 0 Å². The molecule has 42 heavy (non-hydrogen) atoms. The SMILES string of the molecule is CC(C)(C)OC(=O)N[C@H]1CCN([C@@H](Cc2cn(C(c3ccccc3)(c3ccccc3)c3ccccc3)cn2)C(=O)O)C1. The summed E-state index contributed by atoms with van der Waals surface area (Å²) in [5.74, 6) is -0.914. The van der Waals surface area contributed by atoms with E-state index in [4.69, 9.17) is 9.72 Å². The van der Waals surface area contributed by atoms with Crippen molar-refractivity contribution in [1.29, 1.82) is 0 Å². The lowest BCUT2D eigenvalue weighted by atomic mass is 9.77. The average Bonchev–Trinajstić information content (AvgIpc) is 3.63. The van der Waals surface area contributed by atoms with Crippen molar-refractivity contribution in [3.63, 3.8) is 0 Å². The topological polar surface area (TPSA) is 96.7 Å². The molecular formula is C34H38N4O4. The lowest BCUT2D eigenvalue weighted by Gasteiger charge is -2.37. The second-order valence-corrected chi connectivity index (χ2v) is 11.8. The maximum Gasteiger partial charge on any atom is 0.407 e. The highest BCUT2D eigenvalue weighted by molar-refractivity contribution is 5.74. The number of carboxylic acids is 1. The number of rotatable bonds is 9. The van der Waals surface area contributed by atoms with E-state index in [0.29, 0.717) is 25.2 Å². The van der Waals surface area contributed by atoms with E-state index >= 15 is 0 Å². The Labute approximate surface area is 247 Å². The van der Waals surface area contributed by atoms with Gasteiger partial charge in [0.1, 0.15) is 17.2 Å². The molecule has 8 heteroatoms. The molecule has 2 N–H and O–H groups in total. The molecule has 0 aliphatic carbocycles. The predicted molar refractivity (Wildman–Crippen MR) is 161 cm³/mol. The maximum absolute atomic E-state index is 12.5. The molecule has 0 saturated carbocycles. The van der Waals surface area contributed by atoms with Crippen molar-refractivity contribution in [3.05, 3.63) is 126 Å². The van der Waals surface area contributed by atoms with Crippen molar-refractivity contribution in [2.24, 2.45) is 0 Å². The number of ether oxygens (including phenoxy) is 1. The van der Waals surface area contributed by atoms with Crippen LogP contribution in [0.2, 0.25) is 0 Å². The number of alkyl carbamates (subject to hydrolysis) is 1. The lowest BCUT2D eigenvalue weighted by molar-refractivity contribution is -0.142. The van der Waals surface area contributed by atoms with Gasteiger partial charge in [-0.15, -0.1) is 0 Å². The van der Waals surface area contributed by atoms with Crippen LogP contribution in [0, 0.1) is 0 Å². The summed E-state index contributed by atoms with van der Waals surface area (Å²) in [6.07, 6.45) is 4.17. The van der Waals surface area contributed by atoms with Crippen molar-refractivity contribution < 1.29 is 19.4 Å². The fraction of sp³-hybridized carbons (Fsp3) is 0.324. The highest BCUT2D eigenvalue weighted by atomic mass is 16.6. The van der Waals surface area contributed by atoms with Crippen molar-refractivity contribution in [2.75, 3.05) is 13.1 Å². The van der Waals surface area contributed by atoms with E-state index in [1.54, 1.807) is 6.33 Å². The molecular weight excluding hydrogens is 528 g/mol. The molecule has 0 radical (unpaired) electrons. The molecule has 0 unspecified atom stereocenters. The number of carbonyl (C=O) groups is 2. The van der Waals surface area contributed by atoms with Crippen LogP contribution in [0.5, 0.6) is 0 Å². The van der Waals surface area contributed by atoms with Gasteiger partial charge in [-0.25, -0.2) is 9.78 Å². The van der Waals surface area contributed by atoms with Crippen LogP contribution in [-0.4, -0.2) is 62.4 Å². The highest BCUT2D eigenvalue weighted by Gasteiger charge is 2.39. The fourth-order valence-corrected chi connectivity index (χ4v) is 5.87. The quantitative estimate of drug-likeness (QED) is 0.266. The number of amides is 1. The van der Waals surface area contributed by atoms with Crippen LogP contribution in [0.25, 0.3) is 0 Å². The Kier molecular flexibility index (Phi) is 8.45. The van der Waals surface area contributed by atoms with Gasteiger partial charge in [0.15, 0.2) is 0 Å². The smallest absolute Gasteiger partial charge is 0.407 e. The first-order valence-corrected chi connectivity index (χ1v) is 14.3. The van der Waals surface area contributed by atoms with Gasteiger partial charge >= 0.3 is 12.1 Å². The number of nitrogens with zero attached hydrogens (tertiary/aromatic N) is 3. The Bertz CT molecular complexity index is 1390. The molecule has 1 saturated heterocycles. The molecule has 4 aromatic rings. The zero-order chi connectivity index (χ0) is 29.7. The third-order valence-electron chi connectivity index (χ3n) is 7.67. The summed E-state index contributed by atoms with van der Waals surface area (Å²) in [5.41, 5.74) is 2.56. The van der Waals surface area contributed by atoms with E-state index in [1.165, 1.54) is 0 Å². The fourth-order valence-electron chi connectivity index (χ4n) is 5.87. The molecule has 5 rings (SSSR count). The summed E-state index contributed by atoms with van der Waals surface area (Å²) in [4.78, 5) is 31.4. The molecule has 1 aliphatic heterocycles. The number of imidazole rings is 1. The van der Waals surface area contributed by atoms with Crippen LogP contribution in [0.1, 0.15) is 49.6 Å². The first-order valence-electron chi connectivity index (χ1n) is 14.3. The van der Waals surface area contributed by atoms with Gasteiger partial charge in [0.05, 0.1) is 12.0 Å². The van der Waals surface area contributed by atoms with Gasteiger partial charge in [-0.3, -0.25) is 9.69 Å². The van der Waals surface area contributed by atoms with E-state index in [1.807, 2.05) is 86.5 Å². The molecule has 1 aliphatic rings. The van der Waals surface area contributed by atoms with Crippen LogP contribution in [-0.2, 0) is 21.5 Å². The molecule has 1 fully saturated rings. The number of hydrogen-bond acceptors (Lipinski definition) is 5. The summed E-state index contributed by atoms with van der Waals surface area (Å²) in [6.45, 7) is 6.43. The van der Waals surface area contributed by atoms with Crippen LogP contribution in [0.4, 0.5) is 4.79 Å². The zero-order valence-corrected chi connectivity index (χ0v) is 24.3. The molecule has 1 aromatic heterocycles. The Morgan fingerprint density at radius 2 is 1.45 bits per heavy atom.